The number of ether oxygens (including phenoxy) is 1. The van der Waals surface area contributed by atoms with E-state index in [1.807, 2.05) is 30.3 Å². The van der Waals surface area contributed by atoms with Gasteiger partial charge in [-0.2, -0.15) is 0 Å². The lowest BCUT2D eigenvalue weighted by Gasteiger charge is -2.35. The number of amides is 1. The van der Waals surface area contributed by atoms with Crippen LogP contribution in [0.5, 0.6) is 5.75 Å². The molecule has 0 aliphatic carbocycles. The lowest BCUT2D eigenvalue weighted by atomic mass is 9.92. The van der Waals surface area contributed by atoms with Crippen LogP contribution in [0.1, 0.15) is 20.3 Å². The summed E-state index contributed by atoms with van der Waals surface area (Å²) in [5, 5.41) is 3.70. The van der Waals surface area contributed by atoms with Gasteiger partial charge in [-0.1, -0.05) is 25.6 Å². The van der Waals surface area contributed by atoms with Crippen LogP contribution in [-0.4, -0.2) is 41.8 Å². The predicted octanol–water partition coefficient (Wildman–Crippen LogP) is 3.70. The van der Waals surface area contributed by atoms with Crippen LogP contribution in [-0.2, 0) is 4.79 Å². The molecule has 6 nitrogen and oxygen atoms in total. The first-order valence-corrected chi connectivity index (χ1v) is 10.2. The van der Waals surface area contributed by atoms with Crippen molar-refractivity contribution in [1.29, 1.82) is 0 Å². The highest BCUT2D eigenvalue weighted by molar-refractivity contribution is 7.99. The van der Waals surface area contributed by atoms with Crippen molar-refractivity contribution in [3.05, 3.63) is 36.7 Å². The summed E-state index contributed by atoms with van der Waals surface area (Å²) in [4.78, 5) is 23.3. The third kappa shape index (κ3) is 5.60. The largest absolute Gasteiger partial charge is 0.497 e. The van der Waals surface area contributed by atoms with Gasteiger partial charge in [0.2, 0.25) is 5.91 Å². The number of carbonyl (C=O) groups excluding carboxylic acids is 1. The Bertz CT molecular complexity index is 759. The van der Waals surface area contributed by atoms with Crippen molar-refractivity contribution in [2.24, 2.45) is 11.8 Å². The van der Waals surface area contributed by atoms with Crippen molar-refractivity contribution in [2.75, 3.05) is 36.2 Å². The van der Waals surface area contributed by atoms with Gasteiger partial charge in [0.15, 0.2) is 0 Å². The second-order valence-electron chi connectivity index (χ2n) is 7.13. The van der Waals surface area contributed by atoms with E-state index in [0.717, 1.165) is 35.4 Å². The zero-order valence-electron chi connectivity index (χ0n) is 16.0. The molecule has 1 aromatic heterocycles. The summed E-state index contributed by atoms with van der Waals surface area (Å²) in [5.74, 6) is 3.27. The summed E-state index contributed by atoms with van der Waals surface area (Å²) in [6, 6.07) is 9.27. The van der Waals surface area contributed by atoms with Crippen molar-refractivity contribution in [3.63, 3.8) is 0 Å². The normalized spacial score (nSPS) is 19.6. The molecule has 1 aliphatic heterocycles. The molecule has 2 heterocycles. The fourth-order valence-corrected chi connectivity index (χ4v) is 4.10. The number of hydrogen-bond acceptors (Lipinski definition) is 6. The molecule has 7 heteroatoms. The summed E-state index contributed by atoms with van der Waals surface area (Å²) in [7, 11) is 1.62. The van der Waals surface area contributed by atoms with Crippen LogP contribution in [0, 0.1) is 11.8 Å². The first kappa shape index (κ1) is 19.5. The molecule has 1 fully saturated rings. The molecular weight excluding hydrogens is 360 g/mol. The SMILES string of the molecule is COc1ccc(NC(=O)CSc2cc(N3C[C@H](C)C[C@H](C)C3)ncn2)cc1. The monoisotopic (exact) mass is 386 g/mol. The Hall–Kier alpha value is -2.28. The summed E-state index contributed by atoms with van der Waals surface area (Å²) in [6.07, 6.45) is 2.84. The Labute approximate surface area is 164 Å². The molecule has 0 spiro atoms. The molecule has 0 saturated carbocycles. The Morgan fingerprint density at radius 1 is 1.22 bits per heavy atom. The number of rotatable bonds is 6. The maximum absolute atomic E-state index is 12.2. The molecule has 2 aromatic rings. The molecule has 0 bridgehead atoms. The van der Waals surface area contributed by atoms with E-state index in [1.165, 1.54) is 18.2 Å². The number of nitrogens with zero attached hydrogens (tertiary/aromatic N) is 3. The topological polar surface area (TPSA) is 67.3 Å². The zero-order chi connectivity index (χ0) is 19.2. The van der Waals surface area contributed by atoms with Gasteiger partial charge in [-0.05, 0) is 42.5 Å². The first-order valence-electron chi connectivity index (χ1n) is 9.17. The molecule has 3 rings (SSSR count). The van der Waals surface area contributed by atoms with Crippen LogP contribution in [0.15, 0.2) is 41.7 Å². The van der Waals surface area contributed by atoms with Crippen molar-refractivity contribution in [1.82, 2.24) is 9.97 Å². The minimum Gasteiger partial charge on any atom is -0.497 e. The van der Waals surface area contributed by atoms with E-state index in [2.05, 4.69) is 34.0 Å². The standard InChI is InChI=1S/C20H26N4O2S/c1-14-8-15(2)11-24(10-14)18-9-20(22-13-21-18)27-12-19(25)23-16-4-6-17(26-3)7-5-16/h4-7,9,13-15H,8,10-12H2,1-3H3,(H,23,25)/t14-,15+. The van der Waals surface area contributed by atoms with Gasteiger partial charge in [-0.15, -0.1) is 0 Å². The van der Waals surface area contributed by atoms with E-state index in [-0.39, 0.29) is 5.91 Å². The third-order valence-corrected chi connectivity index (χ3v) is 5.47. The minimum absolute atomic E-state index is 0.0643. The summed E-state index contributed by atoms with van der Waals surface area (Å²) < 4.78 is 5.12. The van der Waals surface area contributed by atoms with Gasteiger partial charge in [-0.3, -0.25) is 4.79 Å². The molecular formula is C20H26N4O2S. The van der Waals surface area contributed by atoms with Gasteiger partial charge in [0.05, 0.1) is 12.9 Å². The number of aromatic nitrogens is 2. The second kappa shape index (κ2) is 9.08. The molecule has 0 unspecified atom stereocenters. The van der Waals surface area contributed by atoms with Crippen molar-refractivity contribution < 1.29 is 9.53 Å². The Morgan fingerprint density at radius 3 is 2.59 bits per heavy atom. The van der Waals surface area contributed by atoms with Gasteiger partial charge in [0.1, 0.15) is 22.9 Å². The van der Waals surface area contributed by atoms with Crippen molar-refractivity contribution in [3.8, 4) is 5.75 Å². The maximum Gasteiger partial charge on any atom is 0.234 e. The van der Waals surface area contributed by atoms with Gasteiger partial charge in [-0.25, -0.2) is 9.97 Å². The van der Waals surface area contributed by atoms with Gasteiger partial charge < -0.3 is 15.0 Å². The Balaban J connectivity index is 1.55. The van der Waals surface area contributed by atoms with E-state index < -0.39 is 0 Å². The van der Waals surface area contributed by atoms with E-state index in [1.54, 1.807) is 13.4 Å². The Morgan fingerprint density at radius 2 is 1.93 bits per heavy atom. The summed E-state index contributed by atoms with van der Waals surface area (Å²) in [6.45, 7) is 6.60. The highest BCUT2D eigenvalue weighted by atomic mass is 32.2. The lowest BCUT2D eigenvalue weighted by molar-refractivity contribution is -0.113. The summed E-state index contributed by atoms with van der Waals surface area (Å²) >= 11 is 1.42. The van der Waals surface area contributed by atoms with Crippen molar-refractivity contribution >= 4 is 29.2 Å². The van der Waals surface area contributed by atoms with Gasteiger partial charge >= 0.3 is 0 Å². The maximum atomic E-state index is 12.2. The van der Waals surface area contributed by atoms with Crippen LogP contribution in [0.3, 0.4) is 0 Å². The molecule has 144 valence electrons. The number of piperidine rings is 1. The number of methoxy groups -OCH3 is 1. The fourth-order valence-electron chi connectivity index (χ4n) is 3.44. The molecule has 1 N–H and O–H groups in total. The first-order chi connectivity index (χ1) is 13.0. The second-order valence-corrected chi connectivity index (χ2v) is 8.13. The average Bonchev–Trinajstić information content (AvgIpc) is 2.66. The van der Waals surface area contributed by atoms with Crippen LogP contribution in [0.25, 0.3) is 0 Å². The molecule has 2 atom stereocenters. The molecule has 1 saturated heterocycles. The highest BCUT2D eigenvalue weighted by Gasteiger charge is 2.23. The number of nitrogens with one attached hydrogen (secondary N) is 1. The van der Waals surface area contributed by atoms with Crippen LogP contribution < -0.4 is 15.0 Å². The molecule has 1 aromatic carbocycles. The van der Waals surface area contributed by atoms with Crippen molar-refractivity contribution in [2.45, 2.75) is 25.3 Å². The van der Waals surface area contributed by atoms with Gasteiger partial charge in [0, 0.05) is 24.8 Å². The predicted molar refractivity (Wildman–Crippen MR) is 110 cm³/mol. The van der Waals surface area contributed by atoms with Gasteiger partial charge in [0.25, 0.3) is 0 Å². The van der Waals surface area contributed by atoms with Crippen LogP contribution in [0.4, 0.5) is 11.5 Å². The number of thioether (sulfide) groups is 1. The third-order valence-electron chi connectivity index (χ3n) is 4.55. The number of hydrogen-bond donors (Lipinski definition) is 1. The minimum atomic E-state index is -0.0643. The van der Waals surface area contributed by atoms with Crippen LogP contribution >= 0.6 is 11.8 Å². The summed E-state index contributed by atoms with van der Waals surface area (Å²) in [5.41, 5.74) is 0.751. The smallest absolute Gasteiger partial charge is 0.234 e. The lowest BCUT2D eigenvalue weighted by Crippen LogP contribution is -2.39. The quantitative estimate of drug-likeness (QED) is 0.603. The van der Waals surface area contributed by atoms with E-state index >= 15 is 0 Å². The van der Waals surface area contributed by atoms with E-state index in [4.69, 9.17) is 4.74 Å². The zero-order valence-corrected chi connectivity index (χ0v) is 16.8. The molecule has 1 aliphatic rings. The van der Waals surface area contributed by atoms with E-state index in [0.29, 0.717) is 17.6 Å². The van der Waals surface area contributed by atoms with Crippen LogP contribution in [0.2, 0.25) is 0 Å². The number of benzene rings is 1. The highest BCUT2D eigenvalue weighted by Crippen LogP contribution is 2.27. The Kier molecular flexibility index (Phi) is 6.55. The van der Waals surface area contributed by atoms with E-state index in [9.17, 15) is 4.79 Å². The molecule has 1 amide bonds. The fraction of sp³-hybridized carbons (Fsp3) is 0.450. The molecule has 0 radical (unpaired) electrons. The average molecular weight is 387 g/mol. The molecule has 27 heavy (non-hydrogen) atoms. The number of anilines is 2. The number of carbonyl (C=O) groups is 1.